The molecule has 0 amide bonds. The lowest BCUT2D eigenvalue weighted by Gasteiger charge is -2.19. The number of rotatable bonds is 3. The van der Waals surface area contributed by atoms with E-state index in [-0.39, 0.29) is 0 Å². The number of para-hydroxylation sites is 2. The summed E-state index contributed by atoms with van der Waals surface area (Å²) in [4.78, 5) is 8.92. The largest absolute Gasteiger partial charge is 0.309 e. The maximum absolute atomic E-state index is 4.57. The van der Waals surface area contributed by atoms with Gasteiger partial charge in [-0.15, -0.1) is 11.3 Å². The van der Waals surface area contributed by atoms with Crippen molar-refractivity contribution < 1.29 is 0 Å². The van der Waals surface area contributed by atoms with E-state index in [2.05, 4.69) is 123 Å². The van der Waals surface area contributed by atoms with E-state index in [0.717, 1.165) is 16.8 Å². The molecule has 4 heterocycles. The highest BCUT2D eigenvalue weighted by atomic mass is 32.1. The first-order valence-electron chi connectivity index (χ1n) is 14.1. The average Bonchev–Trinajstić information content (AvgIpc) is 3.65. The van der Waals surface area contributed by atoms with Crippen LogP contribution in [0.4, 0.5) is 0 Å². The summed E-state index contributed by atoms with van der Waals surface area (Å²) in [5.74, 6) is 0. The van der Waals surface area contributed by atoms with E-state index in [0.29, 0.717) is 0 Å². The van der Waals surface area contributed by atoms with Crippen molar-refractivity contribution >= 4 is 64.8 Å². The van der Waals surface area contributed by atoms with Crippen LogP contribution in [0.2, 0.25) is 0 Å². The van der Waals surface area contributed by atoms with E-state index in [1.807, 2.05) is 30.9 Å². The number of aromatic nitrogens is 3. The van der Waals surface area contributed by atoms with Crippen LogP contribution in [0.5, 0.6) is 0 Å². The van der Waals surface area contributed by atoms with Crippen molar-refractivity contribution in [3.63, 3.8) is 0 Å². The summed E-state index contributed by atoms with van der Waals surface area (Å²) < 4.78 is 3.69. The molecule has 0 aliphatic carbocycles. The molecule has 0 aliphatic rings. The van der Waals surface area contributed by atoms with Crippen LogP contribution >= 0.6 is 11.3 Å². The van der Waals surface area contributed by atoms with Crippen molar-refractivity contribution in [1.29, 1.82) is 0 Å². The van der Waals surface area contributed by atoms with Crippen molar-refractivity contribution in [3.05, 3.63) is 139 Å². The summed E-state index contributed by atoms with van der Waals surface area (Å²) in [6.07, 6.45) is 7.61. The van der Waals surface area contributed by atoms with Gasteiger partial charge in [0.1, 0.15) is 0 Å². The third-order valence-corrected chi connectivity index (χ3v) is 9.30. The van der Waals surface area contributed by atoms with Gasteiger partial charge in [-0.05, 0) is 116 Å². The molecule has 0 atom stereocenters. The molecule has 196 valence electrons. The quantitative estimate of drug-likeness (QED) is 0.204. The average molecular weight is 554 g/mol. The van der Waals surface area contributed by atoms with Crippen molar-refractivity contribution in [3.8, 4) is 27.9 Å². The highest BCUT2D eigenvalue weighted by Crippen LogP contribution is 2.48. The van der Waals surface area contributed by atoms with Gasteiger partial charge >= 0.3 is 0 Å². The van der Waals surface area contributed by atoms with Gasteiger partial charge in [0, 0.05) is 51.5 Å². The van der Waals surface area contributed by atoms with Crippen molar-refractivity contribution in [2.75, 3.05) is 0 Å². The predicted octanol–water partition coefficient (Wildman–Crippen LogP) is 10.4. The second-order valence-corrected chi connectivity index (χ2v) is 11.6. The van der Waals surface area contributed by atoms with Crippen LogP contribution in [-0.2, 0) is 0 Å². The molecular formula is C38H23N3S. The molecule has 4 aromatic heterocycles. The summed E-state index contributed by atoms with van der Waals surface area (Å²) >= 11 is 1.79. The minimum atomic E-state index is 1.11. The Morgan fingerprint density at radius 3 is 2.14 bits per heavy atom. The molecule has 0 radical (unpaired) electrons. The lowest BCUT2D eigenvalue weighted by Crippen LogP contribution is -1.95. The van der Waals surface area contributed by atoms with Gasteiger partial charge in [0.05, 0.1) is 11.0 Å². The normalized spacial score (nSPS) is 11.8. The smallest absolute Gasteiger partial charge is 0.0547 e. The molecule has 0 unspecified atom stereocenters. The van der Waals surface area contributed by atoms with Crippen LogP contribution in [0.25, 0.3) is 81.4 Å². The van der Waals surface area contributed by atoms with Gasteiger partial charge in [-0.1, -0.05) is 42.5 Å². The topological polar surface area (TPSA) is 30.7 Å². The molecule has 3 nitrogen and oxygen atoms in total. The van der Waals surface area contributed by atoms with Gasteiger partial charge < -0.3 is 4.57 Å². The molecule has 0 aliphatic heterocycles. The zero-order valence-electron chi connectivity index (χ0n) is 22.5. The molecule has 0 fully saturated rings. The van der Waals surface area contributed by atoms with Gasteiger partial charge in [0.25, 0.3) is 0 Å². The highest BCUT2D eigenvalue weighted by molar-refractivity contribution is 7.17. The number of hydrogen-bond donors (Lipinski definition) is 0. The standard InChI is InChI=1S/C38H23N3S/c1-2-8-27(9-3-1)41-34-11-5-4-10-28(34)31-20-32-30(21-35(31)41)29-19-25-14-18-42-36(25)22-33(29)37(24-12-16-39-17-13-24)38(32)26-7-6-15-40-23-26/h1-23H. The Bertz CT molecular complexity index is 2440. The second-order valence-electron chi connectivity index (χ2n) is 10.7. The van der Waals surface area contributed by atoms with Crippen molar-refractivity contribution in [2.24, 2.45) is 0 Å². The minimum Gasteiger partial charge on any atom is -0.309 e. The number of nitrogens with zero attached hydrogens (tertiary/aromatic N) is 3. The van der Waals surface area contributed by atoms with Crippen molar-refractivity contribution in [1.82, 2.24) is 14.5 Å². The second kappa shape index (κ2) is 9.10. The van der Waals surface area contributed by atoms with E-state index >= 15 is 0 Å². The van der Waals surface area contributed by atoms with Crippen LogP contribution in [0.3, 0.4) is 0 Å². The van der Waals surface area contributed by atoms with E-state index in [1.165, 1.54) is 64.6 Å². The SMILES string of the molecule is c1ccc(-n2c3ccccc3c3cc4c(-c5cccnc5)c(-c5ccncc5)c5cc6sccc6cc5c4cc32)cc1. The molecule has 9 aromatic rings. The fraction of sp³-hybridized carbons (Fsp3) is 0. The highest BCUT2D eigenvalue weighted by Gasteiger charge is 2.21. The predicted molar refractivity (Wildman–Crippen MR) is 178 cm³/mol. The number of hydrogen-bond acceptors (Lipinski definition) is 3. The van der Waals surface area contributed by atoms with Gasteiger partial charge in [0.15, 0.2) is 0 Å². The Kier molecular flexibility index (Phi) is 5.07. The molecule has 0 spiro atoms. The molecule has 42 heavy (non-hydrogen) atoms. The third kappa shape index (κ3) is 3.39. The Morgan fingerprint density at radius 2 is 1.29 bits per heavy atom. The molecule has 0 saturated heterocycles. The summed E-state index contributed by atoms with van der Waals surface area (Å²) in [7, 11) is 0. The van der Waals surface area contributed by atoms with Crippen LogP contribution in [0.1, 0.15) is 0 Å². The fourth-order valence-corrected chi connectivity index (χ4v) is 7.45. The first-order chi connectivity index (χ1) is 20.8. The molecule has 4 heteroatoms. The lowest BCUT2D eigenvalue weighted by atomic mass is 9.85. The lowest BCUT2D eigenvalue weighted by molar-refractivity contribution is 1.18. The minimum absolute atomic E-state index is 1.11. The van der Waals surface area contributed by atoms with Gasteiger partial charge in [-0.2, -0.15) is 0 Å². The molecular weight excluding hydrogens is 531 g/mol. The molecule has 0 bridgehead atoms. The van der Waals surface area contributed by atoms with Gasteiger partial charge in [-0.3, -0.25) is 9.97 Å². The molecule has 5 aromatic carbocycles. The Labute approximate surface area is 246 Å². The summed E-state index contributed by atoms with van der Waals surface area (Å²) in [6.45, 7) is 0. The summed E-state index contributed by atoms with van der Waals surface area (Å²) in [5.41, 5.74) is 8.24. The molecule has 0 N–H and O–H groups in total. The summed E-state index contributed by atoms with van der Waals surface area (Å²) in [5, 5.41) is 10.9. The van der Waals surface area contributed by atoms with Crippen LogP contribution in [0, 0.1) is 0 Å². The Hall–Kier alpha value is -5.32. The number of pyridine rings is 2. The van der Waals surface area contributed by atoms with Gasteiger partial charge in [-0.25, -0.2) is 0 Å². The number of benzene rings is 5. The first kappa shape index (κ1) is 23.4. The van der Waals surface area contributed by atoms with E-state index in [1.54, 1.807) is 11.3 Å². The fourth-order valence-electron chi connectivity index (χ4n) is 6.64. The Balaban J connectivity index is 1.56. The van der Waals surface area contributed by atoms with Crippen LogP contribution in [0.15, 0.2) is 139 Å². The monoisotopic (exact) mass is 553 g/mol. The summed E-state index contributed by atoms with van der Waals surface area (Å²) in [6, 6.07) is 39.7. The zero-order valence-corrected chi connectivity index (χ0v) is 23.3. The van der Waals surface area contributed by atoms with Crippen LogP contribution < -0.4 is 0 Å². The van der Waals surface area contributed by atoms with Gasteiger partial charge in [0.2, 0.25) is 0 Å². The first-order valence-corrected chi connectivity index (χ1v) is 14.9. The third-order valence-electron chi connectivity index (χ3n) is 8.42. The number of thiophene rings is 1. The maximum atomic E-state index is 4.57. The van der Waals surface area contributed by atoms with Crippen molar-refractivity contribution in [2.45, 2.75) is 0 Å². The maximum Gasteiger partial charge on any atom is 0.0547 e. The zero-order chi connectivity index (χ0) is 27.6. The van der Waals surface area contributed by atoms with E-state index < -0.39 is 0 Å². The van der Waals surface area contributed by atoms with Crippen LogP contribution in [-0.4, -0.2) is 14.5 Å². The number of fused-ring (bicyclic) bond motifs is 7. The molecule has 9 rings (SSSR count). The van der Waals surface area contributed by atoms with E-state index in [4.69, 9.17) is 0 Å². The Morgan fingerprint density at radius 1 is 0.500 bits per heavy atom. The van der Waals surface area contributed by atoms with E-state index in [9.17, 15) is 0 Å². The molecule has 0 saturated carbocycles.